The van der Waals surface area contributed by atoms with Gasteiger partial charge in [-0.2, -0.15) is 0 Å². The van der Waals surface area contributed by atoms with Crippen molar-refractivity contribution in [1.29, 1.82) is 0 Å². The molecule has 9 heteroatoms. The number of allylic oxidation sites excluding steroid dienone is 2. The monoisotopic (exact) mass is 604 g/mol. The fourth-order valence-electron chi connectivity index (χ4n) is 8.22. The van der Waals surface area contributed by atoms with Crippen molar-refractivity contribution in [1.82, 2.24) is 0 Å². The van der Waals surface area contributed by atoms with Crippen molar-refractivity contribution < 1.29 is 33.8 Å². The van der Waals surface area contributed by atoms with Gasteiger partial charge in [0.15, 0.2) is 17.3 Å². The number of aromatic hydroxyl groups is 1. The van der Waals surface area contributed by atoms with Crippen molar-refractivity contribution in [3.8, 4) is 11.5 Å². The molecule has 4 amide bonds. The molecule has 45 heavy (non-hydrogen) atoms. The number of carbonyl (C=O) groups excluding carboxylic acids is 5. The lowest BCUT2D eigenvalue weighted by Gasteiger charge is -2.49. The Morgan fingerprint density at radius 1 is 0.844 bits per heavy atom. The van der Waals surface area contributed by atoms with Crippen LogP contribution in [-0.4, -0.2) is 41.6 Å². The number of methoxy groups -OCH3 is 1. The molecule has 0 radical (unpaired) electrons. The van der Waals surface area contributed by atoms with E-state index in [2.05, 4.69) is 0 Å². The van der Waals surface area contributed by atoms with Crippen LogP contribution in [0.5, 0.6) is 11.5 Å². The molecule has 2 heterocycles. The Hall–Kier alpha value is -5.05. The fraction of sp³-hybridized carbons (Fsp3) is 0.306. The quantitative estimate of drug-likeness (QED) is 0.246. The second-order valence-corrected chi connectivity index (χ2v) is 12.5. The Balaban J connectivity index is 1.36. The zero-order chi connectivity index (χ0) is 31.8. The molecule has 4 aliphatic rings. The molecule has 3 aromatic carbocycles. The molecule has 2 aliphatic carbocycles. The number of hydrogen-bond acceptors (Lipinski definition) is 7. The lowest BCUT2D eigenvalue weighted by atomic mass is 9.51. The third-order valence-corrected chi connectivity index (χ3v) is 10.4. The van der Waals surface area contributed by atoms with Gasteiger partial charge >= 0.3 is 0 Å². The van der Waals surface area contributed by atoms with Gasteiger partial charge in [0.2, 0.25) is 23.6 Å². The number of carbonyl (C=O) groups is 5. The predicted molar refractivity (Wildman–Crippen MR) is 165 cm³/mol. The Bertz CT molecular complexity index is 1810. The Labute approximate surface area is 260 Å². The number of fused-ring (bicyclic) bond motifs is 4. The number of anilines is 2. The average molecular weight is 605 g/mol. The number of phenolic OH excluding ortho intramolecular Hbond substituents is 1. The van der Waals surface area contributed by atoms with Crippen molar-refractivity contribution in [3.05, 3.63) is 95.6 Å². The number of ketones is 1. The summed E-state index contributed by atoms with van der Waals surface area (Å²) in [6, 6.07) is 20.2. The van der Waals surface area contributed by atoms with Crippen LogP contribution < -0.4 is 14.5 Å². The van der Waals surface area contributed by atoms with Gasteiger partial charge < -0.3 is 9.84 Å². The average Bonchev–Trinajstić information content (AvgIpc) is 3.41. The minimum atomic E-state index is -1.28. The molecule has 2 saturated heterocycles. The zero-order valence-corrected chi connectivity index (χ0v) is 25.1. The third-order valence-electron chi connectivity index (χ3n) is 10.4. The minimum absolute atomic E-state index is 0.124. The summed E-state index contributed by atoms with van der Waals surface area (Å²) >= 11 is 0. The number of imide groups is 2. The van der Waals surface area contributed by atoms with Gasteiger partial charge in [0.1, 0.15) is 0 Å². The van der Waals surface area contributed by atoms with E-state index in [1.807, 2.05) is 12.1 Å². The van der Waals surface area contributed by atoms with E-state index < -0.39 is 35.0 Å². The summed E-state index contributed by atoms with van der Waals surface area (Å²) in [6.07, 6.45) is 2.41. The van der Waals surface area contributed by atoms with Crippen molar-refractivity contribution in [2.75, 3.05) is 16.9 Å². The van der Waals surface area contributed by atoms with E-state index in [0.717, 1.165) is 5.57 Å². The van der Waals surface area contributed by atoms with E-state index in [4.69, 9.17) is 4.74 Å². The molecule has 3 fully saturated rings. The molecule has 3 aromatic rings. The van der Waals surface area contributed by atoms with Crippen LogP contribution in [0, 0.1) is 29.1 Å². The van der Waals surface area contributed by atoms with Crippen LogP contribution in [0.25, 0.3) is 0 Å². The molecule has 7 rings (SSSR count). The fourth-order valence-corrected chi connectivity index (χ4v) is 8.22. The van der Waals surface area contributed by atoms with Crippen LogP contribution in [0.1, 0.15) is 48.5 Å². The van der Waals surface area contributed by atoms with Gasteiger partial charge in [0, 0.05) is 17.0 Å². The number of benzene rings is 3. The molecule has 2 aliphatic heterocycles. The molecule has 9 nitrogen and oxygen atoms in total. The van der Waals surface area contributed by atoms with Crippen molar-refractivity contribution >= 4 is 40.8 Å². The maximum atomic E-state index is 14.5. The molecule has 0 spiro atoms. The summed E-state index contributed by atoms with van der Waals surface area (Å²) in [6.45, 7) is 3.22. The van der Waals surface area contributed by atoms with E-state index in [0.29, 0.717) is 22.5 Å². The first-order valence-corrected chi connectivity index (χ1v) is 15.1. The molecular weight excluding hydrogens is 572 g/mol. The van der Waals surface area contributed by atoms with E-state index in [1.165, 1.54) is 23.8 Å². The van der Waals surface area contributed by atoms with Gasteiger partial charge in [-0.3, -0.25) is 28.9 Å². The second kappa shape index (κ2) is 10.3. The van der Waals surface area contributed by atoms with Crippen LogP contribution in [-0.2, 0) is 19.2 Å². The first-order chi connectivity index (χ1) is 21.6. The molecule has 0 bridgehead atoms. The second-order valence-electron chi connectivity index (χ2n) is 12.5. The first-order valence-electron chi connectivity index (χ1n) is 15.1. The van der Waals surface area contributed by atoms with Crippen LogP contribution in [0.2, 0.25) is 0 Å². The van der Waals surface area contributed by atoms with Gasteiger partial charge in [-0.05, 0) is 75.1 Å². The Morgan fingerprint density at radius 2 is 1.53 bits per heavy atom. The number of phenols is 1. The topological polar surface area (TPSA) is 121 Å². The van der Waals surface area contributed by atoms with Gasteiger partial charge in [0.25, 0.3) is 0 Å². The lowest BCUT2D eigenvalue weighted by molar-refractivity contribution is -0.131. The van der Waals surface area contributed by atoms with Gasteiger partial charge in [-0.1, -0.05) is 42.0 Å². The number of hydrogen-bond donors (Lipinski definition) is 1. The highest BCUT2D eigenvalue weighted by Gasteiger charge is 2.68. The summed E-state index contributed by atoms with van der Waals surface area (Å²) in [4.78, 5) is 71.0. The van der Waals surface area contributed by atoms with Gasteiger partial charge in [-0.15, -0.1) is 0 Å². The summed E-state index contributed by atoms with van der Waals surface area (Å²) in [5.41, 5.74) is 1.24. The predicted octanol–water partition coefficient (Wildman–Crippen LogP) is 5.04. The minimum Gasteiger partial charge on any atom is -0.504 e. The first kappa shape index (κ1) is 28.7. The van der Waals surface area contributed by atoms with Crippen LogP contribution in [0.4, 0.5) is 11.4 Å². The smallest absolute Gasteiger partial charge is 0.241 e. The van der Waals surface area contributed by atoms with Crippen molar-refractivity contribution in [3.63, 3.8) is 0 Å². The van der Waals surface area contributed by atoms with Gasteiger partial charge in [0.05, 0.1) is 41.7 Å². The van der Waals surface area contributed by atoms with Crippen LogP contribution >= 0.6 is 0 Å². The lowest BCUT2D eigenvalue weighted by Crippen LogP contribution is -2.48. The number of rotatable bonds is 5. The maximum Gasteiger partial charge on any atom is 0.241 e. The highest BCUT2D eigenvalue weighted by atomic mass is 16.5. The highest BCUT2D eigenvalue weighted by Crippen LogP contribution is 2.64. The molecule has 0 unspecified atom stereocenters. The largest absolute Gasteiger partial charge is 0.504 e. The van der Waals surface area contributed by atoms with Crippen molar-refractivity contribution in [2.24, 2.45) is 29.1 Å². The van der Waals surface area contributed by atoms with Crippen LogP contribution in [0.15, 0.2) is 84.4 Å². The zero-order valence-electron chi connectivity index (χ0n) is 25.1. The highest BCUT2D eigenvalue weighted by molar-refractivity contribution is 6.25. The summed E-state index contributed by atoms with van der Waals surface area (Å²) in [5.74, 6) is -4.95. The summed E-state index contributed by atoms with van der Waals surface area (Å²) in [7, 11) is 1.44. The number of nitrogens with zero attached hydrogens (tertiary/aromatic N) is 2. The molecular formula is C36H32N2O7. The molecule has 0 aromatic heterocycles. The van der Waals surface area contributed by atoms with E-state index in [1.54, 1.807) is 73.7 Å². The van der Waals surface area contributed by atoms with E-state index in [9.17, 15) is 29.1 Å². The molecule has 1 saturated carbocycles. The number of para-hydroxylation sites is 2. The number of Topliss-reactive ketones (excluding diaryl/α,β-unsaturated/α-hetero) is 1. The third kappa shape index (κ3) is 3.96. The maximum absolute atomic E-state index is 14.5. The molecule has 1 N–H and O–H groups in total. The van der Waals surface area contributed by atoms with E-state index >= 15 is 0 Å². The van der Waals surface area contributed by atoms with Crippen molar-refractivity contribution in [2.45, 2.75) is 32.6 Å². The van der Waals surface area contributed by atoms with E-state index in [-0.39, 0.29) is 53.8 Å². The molecule has 6 atom stereocenters. The number of ether oxygens (including phenoxy) is 1. The van der Waals surface area contributed by atoms with Crippen LogP contribution in [0.3, 0.4) is 0 Å². The van der Waals surface area contributed by atoms with Gasteiger partial charge in [-0.25, -0.2) is 4.90 Å². The Kier molecular flexibility index (Phi) is 6.54. The SMILES string of the molecule is COc1cccc([C@H]2C3=CC[C@@H]4C(=O)N(c5ccc(C(C)=O)cc5)C(=O)[C@@H]4[C@@H]3C[C@H]3C(=O)N(c4ccccc4)C(=O)[C@@]23C)c1O. The summed E-state index contributed by atoms with van der Waals surface area (Å²) < 4.78 is 5.42. The normalized spacial score (nSPS) is 28.9. The standard InChI is InChI=1S/C36H32N2O7/c1-19(39)20-12-14-22(15-13-20)37-32(41)24-17-16-23-26(29(24)34(37)43)18-27-33(42)38(21-8-5-4-6-9-21)35(44)36(27,2)30(23)25-10-7-11-28(45-3)31(25)40/h4-16,24,26-27,29-30,40H,17-18H2,1-3H3/t24-,26+,27-,29-,30+,36+/m0/s1. The summed E-state index contributed by atoms with van der Waals surface area (Å²) in [5, 5.41) is 11.4. The Morgan fingerprint density at radius 3 is 2.20 bits per heavy atom. The number of amides is 4. The molecule has 228 valence electrons.